The molecule has 0 aromatic carbocycles. The fraction of sp³-hybridized carbons (Fsp3) is 0.385. The molecule has 0 aliphatic rings. The fourth-order valence-corrected chi connectivity index (χ4v) is 3.15. The van der Waals surface area contributed by atoms with E-state index in [4.69, 9.17) is 0 Å². The van der Waals surface area contributed by atoms with Gasteiger partial charge < -0.3 is 0 Å². The van der Waals surface area contributed by atoms with Crippen molar-refractivity contribution in [2.75, 3.05) is 0 Å². The second-order valence-corrected chi connectivity index (χ2v) is 5.27. The van der Waals surface area contributed by atoms with Crippen LogP contribution in [0.1, 0.15) is 32.2 Å². The van der Waals surface area contributed by atoms with Gasteiger partial charge in [0, 0.05) is 0 Å². The topological polar surface area (TPSA) is 15.8 Å². The Morgan fingerprint density at radius 1 is 1.27 bits per heavy atom. The summed E-state index contributed by atoms with van der Waals surface area (Å²) in [5.74, 6) is 0. The van der Waals surface area contributed by atoms with Crippen LogP contribution in [-0.2, 0) is 30.0 Å². The molecule has 1 N–H and O–H groups in total. The molecule has 0 aliphatic heterocycles. The van der Waals surface area contributed by atoms with Crippen LogP contribution < -0.4 is 4.16 Å². The number of aryl methyl sites for hydroxylation is 2. The van der Waals surface area contributed by atoms with Gasteiger partial charge in [0.25, 0.3) is 0 Å². The SMILES string of the molecule is CC=CC=[CH][Ru][c]1cc(CC)[nH]c1CC. The summed E-state index contributed by atoms with van der Waals surface area (Å²) < 4.78 is 3.83. The zero-order chi connectivity index (χ0) is 11.1. The van der Waals surface area contributed by atoms with Gasteiger partial charge >= 0.3 is 100 Å². The Kier molecular flexibility index (Phi) is 5.64. The van der Waals surface area contributed by atoms with Crippen LogP contribution in [0, 0.1) is 0 Å². The van der Waals surface area contributed by atoms with E-state index < -0.39 is 0 Å². The Morgan fingerprint density at radius 2 is 2.07 bits per heavy atom. The van der Waals surface area contributed by atoms with Crippen molar-refractivity contribution in [1.82, 2.24) is 4.98 Å². The van der Waals surface area contributed by atoms with E-state index in [0.29, 0.717) is 0 Å². The number of aromatic amines is 1. The second-order valence-electron chi connectivity index (χ2n) is 3.25. The van der Waals surface area contributed by atoms with Gasteiger partial charge in [0.2, 0.25) is 0 Å². The number of rotatable bonds is 5. The van der Waals surface area contributed by atoms with Crippen molar-refractivity contribution in [2.45, 2.75) is 33.6 Å². The van der Waals surface area contributed by atoms with Gasteiger partial charge in [-0.15, -0.1) is 0 Å². The molecule has 1 heterocycles. The summed E-state index contributed by atoms with van der Waals surface area (Å²) in [5.41, 5.74) is 2.80. The summed E-state index contributed by atoms with van der Waals surface area (Å²) >= 11 is 0.219. The zero-order valence-electron chi connectivity index (χ0n) is 9.65. The third-order valence-electron chi connectivity index (χ3n) is 2.16. The Morgan fingerprint density at radius 3 is 2.67 bits per heavy atom. The number of nitrogens with one attached hydrogen (secondary N) is 1. The quantitative estimate of drug-likeness (QED) is 0.634. The summed E-state index contributed by atoms with van der Waals surface area (Å²) in [6, 6.07) is 2.33. The molecular formula is C13H19NRu. The number of hydrogen-bond acceptors (Lipinski definition) is 0. The normalized spacial score (nSPS) is 12.2. The first-order valence-electron chi connectivity index (χ1n) is 5.41. The first-order valence-corrected chi connectivity index (χ1v) is 7.28. The summed E-state index contributed by atoms with van der Waals surface area (Å²) in [6.07, 6.45) is 8.52. The third kappa shape index (κ3) is 3.79. The van der Waals surface area contributed by atoms with Gasteiger partial charge in [-0.3, -0.25) is 0 Å². The van der Waals surface area contributed by atoms with Crippen LogP contribution >= 0.6 is 0 Å². The number of H-pyrrole nitrogens is 1. The predicted octanol–water partition coefficient (Wildman–Crippen LogP) is 2.94. The number of allylic oxidation sites excluding steroid dienone is 3. The molecule has 0 bridgehead atoms. The van der Waals surface area contributed by atoms with Crippen LogP contribution in [-0.4, -0.2) is 4.98 Å². The first-order chi connectivity index (χ1) is 7.31. The standard InChI is InChI=1S/C8H12N.C5H7.Ru/c1-3-7-5-6-8(4-2)9-7;1-3-5-4-2;/h5,9H,3-4H2,1-2H3;1,3-5H,2H3;. The van der Waals surface area contributed by atoms with E-state index in [1.807, 2.05) is 6.92 Å². The Hall–Kier alpha value is -0.617. The number of hydrogen-bond donors (Lipinski definition) is 1. The molecule has 0 atom stereocenters. The minimum atomic E-state index is 0.219. The third-order valence-corrected chi connectivity index (χ3v) is 4.10. The van der Waals surface area contributed by atoms with E-state index in [1.54, 1.807) is 0 Å². The van der Waals surface area contributed by atoms with E-state index in [2.05, 4.69) is 47.8 Å². The van der Waals surface area contributed by atoms with E-state index in [-0.39, 0.29) is 17.1 Å². The van der Waals surface area contributed by atoms with E-state index in [9.17, 15) is 0 Å². The van der Waals surface area contributed by atoms with Crippen LogP contribution in [0.5, 0.6) is 0 Å². The van der Waals surface area contributed by atoms with Gasteiger partial charge in [-0.2, -0.15) is 0 Å². The molecule has 1 aromatic heterocycles. The fourth-order valence-electron chi connectivity index (χ4n) is 1.31. The molecule has 1 aromatic rings. The first kappa shape index (κ1) is 12.5. The van der Waals surface area contributed by atoms with Crippen LogP contribution in [0.15, 0.2) is 29.0 Å². The van der Waals surface area contributed by atoms with Gasteiger partial charge in [-0.1, -0.05) is 0 Å². The maximum atomic E-state index is 3.49. The minimum absolute atomic E-state index is 0.219. The Bertz CT molecular complexity index is 347. The molecular weight excluding hydrogens is 271 g/mol. The molecule has 0 spiro atoms. The monoisotopic (exact) mass is 291 g/mol. The molecule has 15 heavy (non-hydrogen) atoms. The average Bonchev–Trinajstić information content (AvgIpc) is 2.67. The van der Waals surface area contributed by atoms with Crippen molar-refractivity contribution in [3.05, 3.63) is 40.4 Å². The molecule has 2 heteroatoms. The maximum absolute atomic E-state index is 3.49. The van der Waals surface area contributed by atoms with Gasteiger partial charge in [0.1, 0.15) is 0 Å². The number of aromatic nitrogens is 1. The van der Waals surface area contributed by atoms with E-state index in [0.717, 1.165) is 12.8 Å². The van der Waals surface area contributed by atoms with Crippen LogP contribution in [0.25, 0.3) is 0 Å². The van der Waals surface area contributed by atoms with Crippen molar-refractivity contribution in [2.24, 2.45) is 0 Å². The summed E-state index contributed by atoms with van der Waals surface area (Å²) in [6.45, 7) is 6.45. The Labute approximate surface area is 100 Å². The molecule has 0 amide bonds. The molecule has 0 aliphatic carbocycles. The molecule has 0 fully saturated rings. The summed E-state index contributed by atoms with van der Waals surface area (Å²) in [4.78, 5) is 3.49. The molecule has 0 saturated heterocycles. The van der Waals surface area contributed by atoms with E-state index >= 15 is 0 Å². The average molecular weight is 290 g/mol. The van der Waals surface area contributed by atoms with Gasteiger partial charge in [-0.05, 0) is 0 Å². The van der Waals surface area contributed by atoms with Crippen LogP contribution in [0.2, 0.25) is 0 Å². The predicted molar refractivity (Wildman–Crippen MR) is 63.1 cm³/mol. The summed E-state index contributed by atoms with van der Waals surface area (Å²) in [7, 11) is 0. The van der Waals surface area contributed by atoms with Crippen molar-refractivity contribution in [3.63, 3.8) is 0 Å². The van der Waals surface area contributed by atoms with Crippen LogP contribution in [0.4, 0.5) is 0 Å². The van der Waals surface area contributed by atoms with Gasteiger partial charge in [0.05, 0.1) is 0 Å². The second kappa shape index (κ2) is 6.79. The van der Waals surface area contributed by atoms with Crippen molar-refractivity contribution in [1.29, 1.82) is 0 Å². The molecule has 84 valence electrons. The molecule has 0 saturated carbocycles. The van der Waals surface area contributed by atoms with Gasteiger partial charge in [-0.25, -0.2) is 0 Å². The molecule has 1 nitrogen and oxygen atoms in total. The van der Waals surface area contributed by atoms with Crippen molar-refractivity contribution in [3.8, 4) is 0 Å². The van der Waals surface area contributed by atoms with Crippen molar-refractivity contribution >= 4 is 4.16 Å². The zero-order valence-corrected chi connectivity index (χ0v) is 11.4. The van der Waals surface area contributed by atoms with Crippen LogP contribution in [0.3, 0.4) is 0 Å². The molecule has 0 unspecified atom stereocenters. The van der Waals surface area contributed by atoms with E-state index in [1.165, 1.54) is 15.5 Å². The summed E-state index contributed by atoms with van der Waals surface area (Å²) in [5, 5.41) is 0. The molecule has 0 radical (unpaired) electrons. The molecule has 1 rings (SSSR count). The van der Waals surface area contributed by atoms with Crippen molar-refractivity contribution < 1.29 is 17.1 Å². The van der Waals surface area contributed by atoms with Gasteiger partial charge in [0.15, 0.2) is 0 Å². The Balaban J connectivity index is 2.70.